The maximum Gasteiger partial charge on any atom is 0.227 e. The molecule has 1 aromatic rings. The Labute approximate surface area is 130 Å². The third kappa shape index (κ3) is 2.99. The summed E-state index contributed by atoms with van der Waals surface area (Å²) in [4.78, 5) is 24.6. The molecule has 7 heteroatoms. The zero-order valence-electron chi connectivity index (χ0n) is 12.7. The minimum Gasteiger partial charge on any atom is -0.395 e. The Morgan fingerprint density at radius 1 is 1.36 bits per heavy atom. The van der Waals surface area contributed by atoms with Gasteiger partial charge in [0.1, 0.15) is 5.82 Å². The lowest BCUT2D eigenvalue weighted by Gasteiger charge is -2.48. The maximum absolute atomic E-state index is 12.0. The number of amides is 1. The number of likely N-dealkylation sites (tertiary alicyclic amines) is 1. The van der Waals surface area contributed by atoms with E-state index in [0.29, 0.717) is 31.3 Å². The molecule has 0 aliphatic carbocycles. The summed E-state index contributed by atoms with van der Waals surface area (Å²) in [7, 11) is 0. The highest BCUT2D eigenvalue weighted by Gasteiger charge is 2.42. The number of aliphatic hydroxyl groups excluding tert-OH is 1. The molecule has 0 unspecified atom stereocenters. The maximum atomic E-state index is 12.0. The number of anilines is 2. The highest BCUT2D eigenvalue weighted by Crippen LogP contribution is 2.39. The Hall–Kier alpha value is -1.89. The van der Waals surface area contributed by atoms with Gasteiger partial charge < -0.3 is 20.6 Å². The summed E-state index contributed by atoms with van der Waals surface area (Å²) in [5, 5.41) is 9.15. The predicted molar refractivity (Wildman–Crippen MR) is 83.2 cm³/mol. The molecule has 0 aromatic carbocycles. The van der Waals surface area contributed by atoms with Crippen LogP contribution >= 0.6 is 0 Å². The number of aliphatic hydroxyl groups is 1. The van der Waals surface area contributed by atoms with E-state index >= 15 is 0 Å². The number of nitrogens with two attached hydrogens (primary N) is 1. The number of nitrogen functional groups attached to an aromatic ring is 1. The van der Waals surface area contributed by atoms with Crippen LogP contribution < -0.4 is 10.6 Å². The van der Waals surface area contributed by atoms with E-state index in [0.717, 1.165) is 32.4 Å². The molecule has 1 amide bonds. The Kier molecular flexibility index (Phi) is 4.15. The van der Waals surface area contributed by atoms with Gasteiger partial charge in [-0.25, -0.2) is 4.98 Å². The van der Waals surface area contributed by atoms with Crippen LogP contribution in [0.5, 0.6) is 0 Å². The molecule has 0 saturated carbocycles. The SMILES string of the molecule is Nc1ccnc(N2CCC[C@]3(CCC(=O)N(CCO)C3)C2)n1. The van der Waals surface area contributed by atoms with E-state index in [1.165, 1.54) is 0 Å². The average Bonchev–Trinajstić information content (AvgIpc) is 2.52. The smallest absolute Gasteiger partial charge is 0.227 e. The number of carbonyl (C=O) groups excluding carboxylic acids is 1. The summed E-state index contributed by atoms with van der Waals surface area (Å²) in [5.74, 6) is 1.30. The third-order valence-corrected chi connectivity index (χ3v) is 4.73. The monoisotopic (exact) mass is 305 g/mol. The first kappa shape index (κ1) is 15.0. The van der Waals surface area contributed by atoms with Crippen molar-refractivity contribution >= 4 is 17.7 Å². The fourth-order valence-corrected chi connectivity index (χ4v) is 3.65. The standard InChI is InChI=1S/C15H23N5O2/c16-12-3-6-17-14(18-12)20-7-1-4-15(11-20)5-2-13(22)19(10-15)8-9-21/h3,6,21H,1-2,4-5,7-11H2,(H2,16,17,18)/t15-/m1/s1. The lowest BCUT2D eigenvalue weighted by molar-refractivity contribution is -0.138. The van der Waals surface area contributed by atoms with Crippen molar-refractivity contribution in [1.82, 2.24) is 14.9 Å². The summed E-state index contributed by atoms with van der Waals surface area (Å²) < 4.78 is 0. The number of aromatic nitrogens is 2. The second kappa shape index (κ2) is 6.08. The minimum atomic E-state index is 0.0177. The molecular formula is C15H23N5O2. The van der Waals surface area contributed by atoms with Gasteiger partial charge in [0.2, 0.25) is 11.9 Å². The normalized spacial score (nSPS) is 25.8. The van der Waals surface area contributed by atoms with Crippen LogP contribution in [0.4, 0.5) is 11.8 Å². The van der Waals surface area contributed by atoms with Crippen molar-refractivity contribution in [2.24, 2.45) is 5.41 Å². The van der Waals surface area contributed by atoms with E-state index in [2.05, 4.69) is 14.9 Å². The highest BCUT2D eigenvalue weighted by molar-refractivity contribution is 5.77. The van der Waals surface area contributed by atoms with Gasteiger partial charge in [0.25, 0.3) is 0 Å². The Morgan fingerprint density at radius 2 is 2.23 bits per heavy atom. The van der Waals surface area contributed by atoms with Gasteiger partial charge in [-0.3, -0.25) is 4.79 Å². The molecule has 22 heavy (non-hydrogen) atoms. The molecule has 1 atom stereocenters. The van der Waals surface area contributed by atoms with Crippen LogP contribution in [0.3, 0.4) is 0 Å². The van der Waals surface area contributed by atoms with Crippen molar-refractivity contribution in [1.29, 1.82) is 0 Å². The van der Waals surface area contributed by atoms with E-state index < -0.39 is 0 Å². The molecule has 0 bridgehead atoms. The quantitative estimate of drug-likeness (QED) is 0.831. The van der Waals surface area contributed by atoms with Crippen molar-refractivity contribution in [2.75, 3.05) is 43.4 Å². The van der Waals surface area contributed by atoms with Crippen LogP contribution in [-0.2, 0) is 4.79 Å². The first-order chi connectivity index (χ1) is 10.6. The Balaban J connectivity index is 1.76. The summed E-state index contributed by atoms with van der Waals surface area (Å²) in [6.45, 7) is 2.91. The number of hydrogen-bond acceptors (Lipinski definition) is 6. The van der Waals surface area contributed by atoms with Gasteiger partial charge in [0.05, 0.1) is 6.61 Å². The van der Waals surface area contributed by atoms with Crippen molar-refractivity contribution in [3.8, 4) is 0 Å². The second-order valence-electron chi connectivity index (χ2n) is 6.35. The molecule has 2 aliphatic heterocycles. The van der Waals surface area contributed by atoms with Gasteiger partial charge in [-0.1, -0.05) is 0 Å². The molecule has 2 fully saturated rings. The van der Waals surface area contributed by atoms with E-state index in [-0.39, 0.29) is 17.9 Å². The lowest BCUT2D eigenvalue weighted by Crippen LogP contribution is -2.54. The topological polar surface area (TPSA) is 95.6 Å². The van der Waals surface area contributed by atoms with Gasteiger partial charge in [0.15, 0.2) is 0 Å². The molecular weight excluding hydrogens is 282 g/mol. The van der Waals surface area contributed by atoms with Gasteiger partial charge in [-0.05, 0) is 25.3 Å². The largest absolute Gasteiger partial charge is 0.395 e. The number of rotatable bonds is 3. The van der Waals surface area contributed by atoms with Crippen molar-refractivity contribution < 1.29 is 9.90 Å². The number of carbonyl (C=O) groups is 1. The molecule has 1 spiro atoms. The average molecular weight is 305 g/mol. The zero-order chi connectivity index (χ0) is 15.6. The summed E-state index contributed by atoms with van der Waals surface area (Å²) >= 11 is 0. The number of hydrogen-bond donors (Lipinski definition) is 2. The molecule has 120 valence electrons. The molecule has 7 nitrogen and oxygen atoms in total. The van der Waals surface area contributed by atoms with Crippen molar-refractivity contribution in [3.05, 3.63) is 12.3 Å². The van der Waals surface area contributed by atoms with Crippen LogP contribution in [-0.4, -0.2) is 58.7 Å². The van der Waals surface area contributed by atoms with E-state index in [4.69, 9.17) is 10.8 Å². The molecule has 3 N–H and O–H groups in total. The van der Waals surface area contributed by atoms with Crippen LogP contribution in [0.25, 0.3) is 0 Å². The first-order valence-corrected chi connectivity index (χ1v) is 7.84. The van der Waals surface area contributed by atoms with Gasteiger partial charge in [0, 0.05) is 44.2 Å². The Morgan fingerprint density at radius 3 is 3.00 bits per heavy atom. The van der Waals surface area contributed by atoms with Crippen LogP contribution in [0, 0.1) is 5.41 Å². The first-order valence-electron chi connectivity index (χ1n) is 7.84. The predicted octanol–water partition coefficient (Wildman–Crippen LogP) is 0.260. The molecule has 2 aliphatic rings. The Bertz CT molecular complexity index is 552. The van der Waals surface area contributed by atoms with Crippen molar-refractivity contribution in [3.63, 3.8) is 0 Å². The second-order valence-corrected chi connectivity index (χ2v) is 6.35. The zero-order valence-corrected chi connectivity index (χ0v) is 12.7. The molecule has 3 heterocycles. The number of nitrogens with zero attached hydrogens (tertiary/aromatic N) is 4. The lowest BCUT2D eigenvalue weighted by atomic mass is 9.73. The molecule has 0 radical (unpaired) electrons. The van der Waals surface area contributed by atoms with Gasteiger partial charge in [-0.15, -0.1) is 0 Å². The summed E-state index contributed by atoms with van der Waals surface area (Å²) in [6, 6.07) is 1.69. The molecule has 1 aromatic heterocycles. The van der Waals surface area contributed by atoms with E-state index in [1.54, 1.807) is 17.2 Å². The van der Waals surface area contributed by atoms with Gasteiger partial charge >= 0.3 is 0 Å². The molecule has 2 saturated heterocycles. The minimum absolute atomic E-state index is 0.0177. The highest BCUT2D eigenvalue weighted by atomic mass is 16.3. The fourth-order valence-electron chi connectivity index (χ4n) is 3.65. The number of β-amino-alcohol motifs (C(OH)–C–C–N with tert-alkyl or cyclic N) is 1. The van der Waals surface area contributed by atoms with Crippen LogP contribution in [0.1, 0.15) is 25.7 Å². The van der Waals surface area contributed by atoms with Crippen LogP contribution in [0.2, 0.25) is 0 Å². The third-order valence-electron chi connectivity index (χ3n) is 4.73. The fraction of sp³-hybridized carbons (Fsp3) is 0.667. The van der Waals surface area contributed by atoms with E-state index in [9.17, 15) is 4.79 Å². The molecule has 3 rings (SSSR count). The van der Waals surface area contributed by atoms with Crippen molar-refractivity contribution in [2.45, 2.75) is 25.7 Å². The van der Waals surface area contributed by atoms with E-state index in [1.807, 2.05) is 0 Å². The summed E-state index contributed by atoms with van der Waals surface area (Å²) in [6.07, 6.45) is 5.29. The van der Waals surface area contributed by atoms with Crippen LogP contribution in [0.15, 0.2) is 12.3 Å². The van der Waals surface area contributed by atoms with Gasteiger partial charge in [-0.2, -0.15) is 4.98 Å². The number of piperidine rings is 2. The summed E-state index contributed by atoms with van der Waals surface area (Å²) in [5.41, 5.74) is 5.84.